The lowest BCUT2D eigenvalue weighted by Crippen LogP contribution is -2.40. The molecule has 164 valence electrons. The Morgan fingerprint density at radius 2 is 1.81 bits per heavy atom. The second kappa shape index (κ2) is 8.48. The number of hydrogen-bond acceptors (Lipinski definition) is 6. The third kappa shape index (κ3) is 5.28. The number of nitrogens with one attached hydrogen (secondary N) is 2. The van der Waals surface area contributed by atoms with E-state index >= 15 is 0 Å². The summed E-state index contributed by atoms with van der Waals surface area (Å²) in [4.78, 5) is 15.4. The predicted molar refractivity (Wildman–Crippen MR) is 118 cm³/mol. The molecule has 0 saturated heterocycles. The van der Waals surface area contributed by atoms with Crippen molar-refractivity contribution in [2.75, 3.05) is 5.32 Å². The summed E-state index contributed by atoms with van der Waals surface area (Å²) in [6, 6.07) is 12.8. The molecule has 1 unspecified atom stereocenters. The first-order chi connectivity index (χ1) is 14.5. The van der Waals surface area contributed by atoms with Crippen molar-refractivity contribution in [3.63, 3.8) is 0 Å². The van der Waals surface area contributed by atoms with Crippen molar-refractivity contribution in [3.8, 4) is 0 Å². The highest BCUT2D eigenvalue weighted by atomic mass is 32.2. The largest absolute Gasteiger partial charge is 0.366 e. The molecule has 9 nitrogen and oxygen atoms in total. The van der Waals surface area contributed by atoms with Gasteiger partial charge in [0.1, 0.15) is 17.6 Å². The van der Waals surface area contributed by atoms with Crippen LogP contribution in [0.2, 0.25) is 0 Å². The number of benzene rings is 2. The zero-order valence-electron chi connectivity index (χ0n) is 17.7. The summed E-state index contributed by atoms with van der Waals surface area (Å²) in [6.45, 7) is 5.10. The first-order valence-corrected chi connectivity index (χ1v) is 11.1. The third-order valence-corrected chi connectivity index (χ3v) is 6.22. The smallest absolute Gasteiger partial charge is 0.293 e. The molecule has 10 heteroatoms. The number of imidazole rings is 1. The van der Waals surface area contributed by atoms with Crippen molar-refractivity contribution in [2.45, 2.75) is 37.2 Å². The van der Waals surface area contributed by atoms with Crippen LogP contribution in [0.5, 0.6) is 0 Å². The molecule has 1 aromatic heterocycles. The summed E-state index contributed by atoms with van der Waals surface area (Å²) in [5, 5.41) is 15.0. The molecule has 0 aliphatic rings. The van der Waals surface area contributed by atoms with Crippen LogP contribution in [0, 0.1) is 10.1 Å². The summed E-state index contributed by atoms with van der Waals surface area (Å²) in [7, 11) is -2.08. The Kier molecular flexibility index (Phi) is 6.14. The number of aryl methyl sites for hydroxylation is 1. The number of nitro benzene ring substituents is 1. The maximum absolute atomic E-state index is 12.6. The average Bonchev–Trinajstić information content (AvgIpc) is 3.10. The van der Waals surface area contributed by atoms with Crippen molar-refractivity contribution in [1.29, 1.82) is 0 Å². The molecule has 31 heavy (non-hydrogen) atoms. The highest BCUT2D eigenvalue weighted by Gasteiger charge is 2.27. The Morgan fingerprint density at radius 1 is 1.13 bits per heavy atom. The Bertz CT molecular complexity index is 1180. The number of anilines is 1. The van der Waals surface area contributed by atoms with Gasteiger partial charge in [-0.2, -0.15) is 0 Å². The summed E-state index contributed by atoms with van der Waals surface area (Å²) >= 11 is 0. The number of rotatable bonds is 7. The van der Waals surface area contributed by atoms with Gasteiger partial charge in [0.25, 0.3) is 5.69 Å². The van der Waals surface area contributed by atoms with E-state index in [1.807, 2.05) is 41.9 Å². The fourth-order valence-electron chi connectivity index (χ4n) is 3.17. The lowest BCUT2D eigenvalue weighted by atomic mass is 10.1. The van der Waals surface area contributed by atoms with Crippen LogP contribution in [0.15, 0.2) is 65.8 Å². The van der Waals surface area contributed by atoms with Gasteiger partial charge < -0.3 is 9.88 Å². The average molecular weight is 444 g/mol. The maximum Gasteiger partial charge on any atom is 0.293 e. The zero-order valence-corrected chi connectivity index (χ0v) is 18.6. The van der Waals surface area contributed by atoms with Gasteiger partial charge in [-0.25, -0.2) is 18.1 Å². The standard InChI is InChI=1S/C21H25N5O4S/c1-21(2,3)24-31(29,30)16-10-11-17(18(14-16)26(27)28)23-19(15-8-6-5-7-9-15)20-22-12-13-25(20)4/h5-14,19,23-24H,1-4H3. The predicted octanol–water partition coefficient (Wildman–Crippen LogP) is 3.61. The van der Waals surface area contributed by atoms with E-state index < -0.39 is 26.5 Å². The molecule has 0 fully saturated rings. The van der Waals surface area contributed by atoms with E-state index in [1.54, 1.807) is 33.2 Å². The first kappa shape index (κ1) is 22.4. The SMILES string of the molecule is Cn1ccnc1C(Nc1ccc(S(=O)(=O)NC(C)(C)C)cc1[N+](=O)[O-])c1ccccc1. The van der Waals surface area contributed by atoms with Crippen molar-refractivity contribution >= 4 is 21.4 Å². The quantitative estimate of drug-likeness (QED) is 0.425. The van der Waals surface area contributed by atoms with Crippen LogP contribution in [0.1, 0.15) is 38.2 Å². The highest BCUT2D eigenvalue weighted by molar-refractivity contribution is 7.89. The molecule has 2 N–H and O–H groups in total. The van der Waals surface area contributed by atoms with E-state index in [0.29, 0.717) is 5.82 Å². The van der Waals surface area contributed by atoms with Crippen molar-refractivity contribution < 1.29 is 13.3 Å². The molecule has 1 heterocycles. The highest BCUT2D eigenvalue weighted by Crippen LogP contribution is 2.33. The molecule has 0 bridgehead atoms. The second-order valence-electron chi connectivity index (χ2n) is 8.18. The number of aromatic nitrogens is 2. The van der Waals surface area contributed by atoms with Crippen molar-refractivity contribution in [2.24, 2.45) is 7.05 Å². The molecule has 0 radical (unpaired) electrons. The minimum Gasteiger partial charge on any atom is -0.366 e. The fourth-order valence-corrected chi connectivity index (χ4v) is 4.60. The van der Waals surface area contributed by atoms with Crippen LogP contribution >= 0.6 is 0 Å². The second-order valence-corrected chi connectivity index (χ2v) is 9.86. The van der Waals surface area contributed by atoms with E-state index in [-0.39, 0.29) is 16.3 Å². The summed E-state index contributed by atoms with van der Waals surface area (Å²) in [6.07, 6.45) is 3.43. The summed E-state index contributed by atoms with van der Waals surface area (Å²) in [5.41, 5.74) is -0.0121. The van der Waals surface area contributed by atoms with Crippen LogP contribution in [0.25, 0.3) is 0 Å². The Morgan fingerprint density at radius 3 is 2.35 bits per heavy atom. The molecule has 0 spiro atoms. The summed E-state index contributed by atoms with van der Waals surface area (Å²) in [5.74, 6) is 0.659. The minimum absolute atomic E-state index is 0.173. The van der Waals surface area contributed by atoms with Crippen LogP contribution in [-0.2, 0) is 17.1 Å². The van der Waals surface area contributed by atoms with E-state index in [1.165, 1.54) is 12.1 Å². The zero-order chi connectivity index (χ0) is 22.8. The van der Waals surface area contributed by atoms with Gasteiger partial charge in [-0.15, -0.1) is 0 Å². The van der Waals surface area contributed by atoms with E-state index in [9.17, 15) is 18.5 Å². The molecule has 3 aromatic rings. The van der Waals surface area contributed by atoms with Crippen LogP contribution in [0.3, 0.4) is 0 Å². The molecule has 0 amide bonds. The van der Waals surface area contributed by atoms with Crippen molar-refractivity contribution in [1.82, 2.24) is 14.3 Å². The molecule has 1 atom stereocenters. The van der Waals surface area contributed by atoms with E-state index in [0.717, 1.165) is 11.6 Å². The van der Waals surface area contributed by atoms with Gasteiger partial charge in [-0.05, 0) is 38.5 Å². The molecule has 0 aliphatic carbocycles. The lowest BCUT2D eigenvalue weighted by Gasteiger charge is -2.22. The van der Waals surface area contributed by atoms with Gasteiger partial charge in [0.15, 0.2) is 0 Å². The fraction of sp³-hybridized carbons (Fsp3) is 0.286. The van der Waals surface area contributed by atoms with Gasteiger partial charge >= 0.3 is 0 Å². The van der Waals surface area contributed by atoms with E-state index in [2.05, 4.69) is 15.0 Å². The number of nitrogens with zero attached hydrogens (tertiary/aromatic N) is 3. The molecule has 2 aromatic carbocycles. The normalized spacial score (nSPS) is 13.0. The molecule has 3 rings (SSSR count). The minimum atomic E-state index is -3.92. The third-order valence-electron chi connectivity index (χ3n) is 4.47. The van der Waals surface area contributed by atoms with E-state index in [4.69, 9.17) is 0 Å². The Balaban J connectivity index is 2.05. The Labute approximate surface area is 181 Å². The Hall–Kier alpha value is -3.24. The molecule has 0 aliphatic heterocycles. The van der Waals surface area contributed by atoms with Gasteiger partial charge in [0, 0.05) is 31.0 Å². The monoisotopic (exact) mass is 443 g/mol. The van der Waals surface area contributed by atoms with Crippen LogP contribution < -0.4 is 10.0 Å². The first-order valence-electron chi connectivity index (χ1n) is 9.59. The summed E-state index contributed by atoms with van der Waals surface area (Å²) < 4.78 is 29.6. The van der Waals surface area contributed by atoms with Gasteiger partial charge in [0.05, 0.1) is 9.82 Å². The maximum atomic E-state index is 12.6. The number of hydrogen-bond donors (Lipinski definition) is 2. The van der Waals surface area contributed by atoms with Gasteiger partial charge in [-0.1, -0.05) is 30.3 Å². The molecule has 0 saturated carbocycles. The van der Waals surface area contributed by atoms with Crippen LogP contribution in [0.4, 0.5) is 11.4 Å². The topological polar surface area (TPSA) is 119 Å². The van der Waals surface area contributed by atoms with Crippen molar-refractivity contribution in [3.05, 3.63) is 82.4 Å². The number of sulfonamides is 1. The molecular formula is C21H25N5O4S. The van der Waals surface area contributed by atoms with Gasteiger partial charge in [0.2, 0.25) is 10.0 Å². The van der Waals surface area contributed by atoms with Gasteiger partial charge in [-0.3, -0.25) is 10.1 Å². The van der Waals surface area contributed by atoms with Crippen LogP contribution in [-0.4, -0.2) is 28.4 Å². The molecular weight excluding hydrogens is 418 g/mol. The lowest BCUT2D eigenvalue weighted by molar-refractivity contribution is -0.384. The number of nitro groups is 1.